The van der Waals surface area contributed by atoms with E-state index in [0.29, 0.717) is 28.6 Å². The molecule has 1 aromatic rings. The molecule has 0 heterocycles. The average Bonchev–Trinajstić information content (AvgIpc) is 3.23. The molecule has 0 aromatic heterocycles. The highest BCUT2D eigenvalue weighted by Crippen LogP contribution is 2.24. The van der Waals surface area contributed by atoms with Gasteiger partial charge in [-0.1, -0.05) is 25.4 Å². The van der Waals surface area contributed by atoms with E-state index >= 15 is 0 Å². The Balaban J connectivity index is 0.00000264. The van der Waals surface area contributed by atoms with Crippen LogP contribution < -0.4 is 16.4 Å². The highest BCUT2D eigenvalue weighted by Gasteiger charge is 2.25. The Morgan fingerprint density at radius 2 is 2.00 bits per heavy atom. The Bertz CT molecular complexity index is 574. The lowest BCUT2D eigenvalue weighted by Gasteiger charge is -2.15. The first-order valence-corrected chi connectivity index (χ1v) is 7.91. The molecule has 0 aliphatic heterocycles. The average molecular weight is 360 g/mol. The maximum Gasteiger partial charge on any atom is 0.253 e. The van der Waals surface area contributed by atoms with Gasteiger partial charge in [0.25, 0.3) is 5.91 Å². The second kappa shape index (κ2) is 8.52. The molecular weight excluding hydrogens is 337 g/mol. The summed E-state index contributed by atoms with van der Waals surface area (Å²) in [5, 5.41) is 5.98. The fourth-order valence-corrected chi connectivity index (χ4v) is 2.32. The third-order valence-electron chi connectivity index (χ3n) is 3.45. The molecule has 0 spiro atoms. The van der Waals surface area contributed by atoms with Crippen LogP contribution in [0.4, 0.5) is 5.69 Å². The summed E-state index contributed by atoms with van der Waals surface area (Å²) in [6.07, 6.45) is 2.61. The summed E-state index contributed by atoms with van der Waals surface area (Å²) in [4.78, 5) is 24.1. The molecule has 0 radical (unpaired) electrons. The van der Waals surface area contributed by atoms with E-state index in [-0.39, 0.29) is 30.3 Å². The molecule has 7 heteroatoms. The minimum Gasteiger partial charge on any atom is -0.349 e. The summed E-state index contributed by atoms with van der Waals surface area (Å²) in [5.41, 5.74) is 6.74. The second-order valence-corrected chi connectivity index (χ2v) is 6.57. The number of hydrogen-bond donors (Lipinski definition) is 3. The smallest absolute Gasteiger partial charge is 0.253 e. The van der Waals surface area contributed by atoms with Crippen LogP contribution in [0.1, 0.15) is 43.5 Å². The molecule has 1 aromatic carbocycles. The van der Waals surface area contributed by atoms with Crippen molar-refractivity contribution < 1.29 is 9.59 Å². The molecule has 1 aliphatic rings. The number of carbonyl (C=O) groups is 2. The van der Waals surface area contributed by atoms with Crippen molar-refractivity contribution in [3.8, 4) is 0 Å². The van der Waals surface area contributed by atoms with Crippen molar-refractivity contribution in [1.29, 1.82) is 0 Å². The normalized spacial score (nSPS) is 14.8. The van der Waals surface area contributed by atoms with E-state index < -0.39 is 6.04 Å². The largest absolute Gasteiger partial charge is 0.349 e. The van der Waals surface area contributed by atoms with E-state index in [2.05, 4.69) is 10.6 Å². The van der Waals surface area contributed by atoms with E-state index in [9.17, 15) is 9.59 Å². The number of nitrogens with two attached hydrogens (primary N) is 1. The molecule has 0 unspecified atom stereocenters. The fourth-order valence-electron chi connectivity index (χ4n) is 2.12. The van der Waals surface area contributed by atoms with Gasteiger partial charge in [-0.05, 0) is 43.4 Å². The van der Waals surface area contributed by atoms with Crippen LogP contribution in [0.3, 0.4) is 0 Å². The Hall–Kier alpha value is -1.30. The van der Waals surface area contributed by atoms with Gasteiger partial charge in [0.05, 0.1) is 16.6 Å². The topological polar surface area (TPSA) is 84.2 Å². The zero-order chi connectivity index (χ0) is 16.3. The summed E-state index contributed by atoms with van der Waals surface area (Å²) in [6.45, 7) is 4.02. The Kier molecular flexibility index (Phi) is 7.32. The van der Waals surface area contributed by atoms with Crippen LogP contribution in [0, 0.1) is 5.92 Å². The first kappa shape index (κ1) is 19.7. The lowest BCUT2D eigenvalue weighted by Crippen LogP contribution is -2.36. The first-order valence-electron chi connectivity index (χ1n) is 7.53. The Labute approximate surface area is 147 Å². The number of rotatable bonds is 6. The zero-order valence-electron chi connectivity index (χ0n) is 13.3. The summed E-state index contributed by atoms with van der Waals surface area (Å²) in [7, 11) is 0. The fraction of sp³-hybridized carbons (Fsp3) is 0.500. The molecule has 0 saturated heterocycles. The minimum atomic E-state index is -0.570. The number of amides is 2. The van der Waals surface area contributed by atoms with Gasteiger partial charge in [-0.2, -0.15) is 0 Å². The maximum absolute atomic E-state index is 12.1. The van der Waals surface area contributed by atoms with Crippen molar-refractivity contribution in [2.75, 3.05) is 5.32 Å². The van der Waals surface area contributed by atoms with Crippen LogP contribution in [0.2, 0.25) is 5.02 Å². The van der Waals surface area contributed by atoms with Gasteiger partial charge in [-0.3, -0.25) is 9.59 Å². The van der Waals surface area contributed by atoms with Crippen LogP contribution in [0.5, 0.6) is 0 Å². The van der Waals surface area contributed by atoms with Gasteiger partial charge in [0, 0.05) is 11.7 Å². The molecule has 1 fully saturated rings. The number of carbonyl (C=O) groups excluding carboxylic acids is 2. The Morgan fingerprint density at radius 3 is 2.57 bits per heavy atom. The molecule has 23 heavy (non-hydrogen) atoms. The van der Waals surface area contributed by atoms with Gasteiger partial charge < -0.3 is 16.4 Å². The third-order valence-corrected chi connectivity index (χ3v) is 3.78. The zero-order valence-corrected chi connectivity index (χ0v) is 14.8. The standard InChI is InChI=1S/C16H22ClN3O2.ClH/c1-9(2)7-14(18)16(22)20-11-5-6-13(17)12(8-11)15(21)19-10-3-4-10;/h5-6,8-10,14H,3-4,7,18H2,1-2H3,(H,19,21)(H,20,22);1H/t14-;/m0./s1. The van der Waals surface area contributed by atoms with Gasteiger partial charge in [0.15, 0.2) is 0 Å². The van der Waals surface area contributed by atoms with Gasteiger partial charge in [0.2, 0.25) is 5.91 Å². The van der Waals surface area contributed by atoms with Crippen LogP contribution in [-0.2, 0) is 4.79 Å². The molecule has 1 atom stereocenters. The SMILES string of the molecule is CC(C)C[C@H](N)C(=O)Nc1ccc(Cl)c(C(=O)NC2CC2)c1.Cl. The van der Waals surface area contributed by atoms with Crippen molar-refractivity contribution in [2.24, 2.45) is 11.7 Å². The molecule has 5 nitrogen and oxygen atoms in total. The second-order valence-electron chi connectivity index (χ2n) is 6.17. The van der Waals surface area contributed by atoms with Gasteiger partial charge in [-0.25, -0.2) is 0 Å². The Morgan fingerprint density at radius 1 is 1.35 bits per heavy atom. The van der Waals surface area contributed by atoms with E-state index in [1.54, 1.807) is 18.2 Å². The van der Waals surface area contributed by atoms with E-state index in [1.165, 1.54) is 0 Å². The van der Waals surface area contributed by atoms with Crippen molar-refractivity contribution in [3.05, 3.63) is 28.8 Å². The van der Waals surface area contributed by atoms with Gasteiger partial charge in [0.1, 0.15) is 0 Å². The monoisotopic (exact) mass is 359 g/mol. The summed E-state index contributed by atoms with van der Waals surface area (Å²) < 4.78 is 0. The van der Waals surface area contributed by atoms with E-state index in [1.807, 2.05) is 13.8 Å². The van der Waals surface area contributed by atoms with Gasteiger partial charge >= 0.3 is 0 Å². The molecule has 2 amide bonds. The van der Waals surface area contributed by atoms with Crippen molar-refractivity contribution in [1.82, 2.24) is 5.32 Å². The van der Waals surface area contributed by atoms with Crippen LogP contribution >= 0.6 is 24.0 Å². The summed E-state index contributed by atoms with van der Waals surface area (Å²) in [6, 6.07) is 4.53. The van der Waals surface area contributed by atoms with Crippen LogP contribution in [0.25, 0.3) is 0 Å². The number of halogens is 2. The predicted octanol–water partition coefficient (Wildman–Crippen LogP) is 2.97. The molecule has 2 rings (SSSR count). The van der Waals surface area contributed by atoms with E-state index in [4.69, 9.17) is 17.3 Å². The maximum atomic E-state index is 12.1. The van der Waals surface area contributed by atoms with Crippen molar-refractivity contribution in [3.63, 3.8) is 0 Å². The summed E-state index contributed by atoms with van der Waals surface area (Å²) >= 11 is 6.06. The van der Waals surface area contributed by atoms with Crippen LogP contribution in [0.15, 0.2) is 18.2 Å². The molecular formula is C16H23Cl2N3O2. The highest BCUT2D eigenvalue weighted by atomic mass is 35.5. The quantitative estimate of drug-likeness (QED) is 0.729. The molecule has 1 aliphatic carbocycles. The minimum absolute atomic E-state index is 0. The van der Waals surface area contributed by atoms with Crippen LogP contribution in [-0.4, -0.2) is 23.9 Å². The summed E-state index contributed by atoms with van der Waals surface area (Å²) in [5.74, 6) is -0.134. The number of anilines is 1. The highest BCUT2D eigenvalue weighted by molar-refractivity contribution is 6.34. The van der Waals surface area contributed by atoms with Gasteiger partial charge in [-0.15, -0.1) is 12.4 Å². The predicted molar refractivity (Wildman–Crippen MR) is 95.2 cm³/mol. The third kappa shape index (κ3) is 6.01. The number of nitrogens with one attached hydrogen (secondary N) is 2. The number of benzene rings is 1. The lowest BCUT2D eigenvalue weighted by atomic mass is 10.0. The molecule has 128 valence electrons. The van der Waals surface area contributed by atoms with Crippen molar-refractivity contribution >= 4 is 41.5 Å². The number of hydrogen-bond acceptors (Lipinski definition) is 3. The molecule has 1 saturated carbocycles. The molecule has 4 N–H and O–H groups in total. The molecule has 0 bridgehead atoms. The lowest BCUT2D eigenvalue weighted by molar-refractivity contribution is -0.117. The van der Waals surface area contributed by atoms with Crippen molar-refractivity contribution in [2.45, 2.75) is 45.2 Å². The first-order chi connectivity index (χ1) is 10.4. The van der Waals surface area contributed by atoms with E-state index in [0.717, 1.165) is 12.8 Å².